The molecule has 6 heteroatoms. The van der Waals surface area contributed by atoms with E-state index >= 15 is 0 Å². The van der Waals surface area contributed by atoms with Gasteiger partial charge >= 0.3 is 11.8 Å². The Kier molecular flexibility index (Phi) is 5.61. The Balaban J connectivity index is 1.65. The lowest BCUT2D eigenvalue weighted by Crippen LogP contribution is -2.45. The molecule has 3 rings (SSSR count). The number of aromatic nitrogens is 2. The third-order valence-corrected chi connectivity index (χ3v) is 4.83. The van der Waals surface area contributed by atoms with Gasteiger partial charge in [-0.1, -0.05) is 31.9 Å². The molecule has 1 aromatic heterocycles. The van der Waals surface area contributed by atoms with Gasteiger partial charge in [-0.3, -0.25) is 9.59 Å². The van der Waals surface area contributed by atoms with Gasteiger partial charge in [0.15, 0.2) is 0 Å². The van der Waals surface area contributed by atoms with Gasteiger partial charge in [0.25, 0.3) is 0 Å². The number of benzene rings is 1. The highest BCUT2D eigenvalue weighted by atomic mass is 16.2. The lowest BCUT2D eigenvalue weighted by molar-refractivity contribution is -0.137. The number of aryl methyl sites for hydroxylation is 1. The standard InChI is InChI=1S/C20H24N4O2/c1-13-6-3-4-9-17(13)24-20(26)19(25)23-16-8-5-7-15(12-16)18-10-11-21-14(2)22-18/h5,7-8,10-13,17H,3-4,6,9H2,1-2H3,(H,23,25)(H,24,26)/t13-,17+/m1/s1. The molecule has 0 bridgehead atoms. The predicted octanol–water partition coefficient (Wildman–Crippen LogP) is 3.09. The van der Waals surface area contributed by atoms with E-state index in [2.05, 4.69) is 27.5 Å². The summed E-state index contributed by atoms with van der Waals surface area (Å²) in [4.78, 5) is 32.9. The van der Waals surface area contributed by atoms with Crippen LogP contribution in [0.25, 0.3) is 11.3 Å². The molecular formula is C20H24N4O2. The van der Waals surface area contributed by atoms with E-state index in [1.165, 1.54) is 6.42 Å². The van der Waals surface area contributed by atoms with Crippen molar-refractivity contribution in [2.45, 2.75) is 45.6 Å². The minimum atomic E-state index is -0.640. The van der Waals surface area contributed by atoms with E-state index in [4.69, 9.17) is 0 Å². The molecule has 0 spiro atoms. The van der Waals surface area contributed by atoms with Gasteiger partial charge in [0.05, 0.1) is 5.69 Å². The molecule has 26 heavy (non-hydrogen) atoms. The van der Waals surface area contributed by atoms with Crippen molar-refractivity contribution in [2.75, 3.05) is 5.32 Å². The van der Waals surface area contributed by atoms with Crippen molar-refractivity contribution in [1.82, 2.24) is 15.3 Å². The Morgan fingerprint density at radius 1 is 1.12 bits per heavy atom. The molecule has 1 aliphatic rings. The first kappa shape index (κ1) is 18.0. The zero-order chi connectivity index (χ0) is 18.5. The van der Waals surface area contributed by atoms with Gasteiger partial charge in [0.1, 0.15) is 5.82 Å². The number of nitrogens with one attached hydrogen (secondary N) is 2. The Morgan fingerprint density at radius 2 is 1.92 bits per heavy atom. The molecule has 1 aliphatic carbocycles. The van der Waals surface area contributed by atoms with Crippen LogP contribution in [0.2, 0.25) is 0 Å². The second-order valence-electron chi connectivity index (χ2n) is 6.87. The molecule has 136 valence electrons. The van der Waals surface area contributed by atoms with Crippen molar-refractivity contribution in [3.8, 4) is 11.3 Å². The van der Waals surface area contributed by atoms with E-state index < -0.39 is 11.8 Å². The molecule has 2 N–H and O–H groups in total. The van der Waals surface area contributed by atoms with Crippen LogP contribution in [-0.2, 0) is 9.59 Å². The van der Waals surface area contributed by atoms with Gasteiger partial charge < -0.3 is 10.6 Å². The Morgan fingerprint density at radius 3 is 2.69 bits per heavy atom. The van der Waals surface area contributed by atoms with Crippen molar-refractivity contribution in [3.05, 3.63) is 42.4 Å². The SMILES string of the molecule is Cc1nccc(-c2cccc(NC(=O)C(=O)N[C@H]3CCCC[C@H]3C)c2)n1. The zero-order valence-electron chi connectivity index (χ0n) is 15.2. The van der Waals surface area contributed by atoms with Gasteiger partial charge in [-0.15, -0.1) is 0 Å². The summed E-state index contributed by atoms with van der Waals surface area (Å²) in [5, 5.41) is 5.55. The third kappa shape index (κ3) is 4.45. The summed E-state index contributed by atoms with van der Waals surface area (Å²) in [5.41, 5.74) is 2.19. The average molecular weight is 352 g/mol. The molecule has 2 aromatic rings. The van der Waals surface area contributed by atoms with Crippen LogP contribution in [0.4, 0.5) is 5.69 Å². The fraction of sp³-hybridized carbons (Fsp3) is 0.400. The fourth-order valence-electron chi connectivity index (χ4n) is 3.33. The van der Waals surface area contributed by atoms with E-state index in [1.54, 1.807) is 18.3 Å². The van der Waals surface area contributed by atoms with E-state index in [1.807, 2.05) is 25.1 Å². The monoisotopic (exact) mass is 352 g/mol. The van der Waals surface area contributed by atoms with Gasteiger partial charge in [-0.2, -0.15) is 0 Å². The van der Waals surface area contributed by atoms with Crippen LogP contribution in [-0.4, -0.2) is 27.8 Å². The maximum atomic E-state index is 12.2. The third-order valence-electron chi connectivity index (χ3n) is 4.83. The van der Waals surface area contributed by atoms with Gasteiger partial charge in [-0.25, -0.2) is 9.97 Å². The molecule has 1 aromatic carbocycles. The van der Waals surface area contributed by atoms with E-state index in [0.717, 1.165) is 30.5 Å². The summed E-state index contributed by atoms with van der Waals surface area (Å²) in [7, 11) is 0. The van der Waals surface area contributed by atoms with Crippen molar-refractivity contribution >= 4 is 17.5 Å². The normalized spacial score (nSPS) is 19.6. The topological polar surface area (TPSA) is 84.0 Å². The number of amides is 2. The summed E-state index contributed by atoms with van der Waals surface area (Å²) >= 11 is 0. The Hall–Kier alpha value is -2.76. The summed E-state index contributed by atoms with van der Waals surface area (Å²) in [5.74, 6) is -0.131. The lowest BCUT2D eigenvalue weighted by atomic mass is 9.86. The molecule has 6 nitrogen and oxygen atoms in total. The molecule has 1 heterocycles. The van der Waals surface area contributed by atoms with Crippen LogP contribution in [0.3, 0.4) is 0 Å². The number of anilines is 1. The second-order valence-corrected chi connectivity index (χ2v) is 6.87. The maximum Gasteiger partial charge on any atom is 0.313 e. The number of hydrogen-bond donors (Lipinski definition) is 2. The van der Waals surface area contributed by atoms with Gasteiger partial charge in [-0.05, 0) is 43.9 Å². The number of carbonyl (C=O) groups is 2. The van der Waals surface area contributed by atoms with Crippen LogP contribution in [0.15, 0.2) is 36.5 Å². The van der Waals surface area contributed by atoms with Crippen LogP contribution < -0.4 is 10.6 Å². The largest absolute Gasteiger partial charge is 0.345 e. The molecule has 1 saturated carbocycles. The Bertz CT molecular complexity index is 806. The highest BCUT2D eigenvalue weighted by Gasteiger charge is 2.25. The first-order valence-corrected chi connectivity index (χ1v) is 9.05. The van der Waals surface area contributed by atoms with Crippen LogP contribution in [0.1, 0.15) is 38.4 Å². The lowest BCUT2D eigenvalue weighted by Gasteiger charge is -2.29. The molecule has 2 atom stereocenters. The van der Waals surface area contributed by atoms with Crippen LogP contribution in [0, 0.1) is 12.8 Å². The average Bonchev–Trinajstić information content (AvgIpc) is 2.64. The van der Waals surface area contributed by atoms with Gasteiger partial charge in [0.2, 0.25) is 0 Å². The second kappa shape index (κ2) is 8.08. The quantitative estimate of drug-likeness (QED) is 0.832. The number of nitrogens with zero attached hydrogens (tertiary/aromatic N) is 2. The highest BCUT2D eigenvalue weighted by Crippen LogP contribution is 2.24. The molecular weight excluding hydrogens is 328 g/mol. The first-order chi connectivity index (χ1) is 12.5. The van der Waals surface area contributed by atoms with E-state index in [-0.39, 0.29) is 6.04 Å². The molecule has 1 fully saturated rings. The maximum absolute atomic E-state index is 12.2. The first-order valence-electron chi connectivity index (χ1n) is 9.05. The van der Waals surface area contributed by atoms with Crippen molar-refractivity contribution in [2.24, 2.45) is 5.92 Å². The molecule has 2 amide bonds. The predicted molar refractivity (Wildman–Crippen MR) is 100 cm³/mol. The zero-order valence-corrected chi connectivity index (χ0v) is 15.2. The summed E-state index contributed by atoms with van der Waals surface area (Å²) in [6, 6.07) is 9.18. The number of hydrogen-bond acceptors (Lipinski definition) is 4. The summed E-state index contributed by atoms with van der Waals surface area (Å²) in [6.45, 7) is 3.95. The highest BCUT2D eigenvalue weighted by molar-refractivity contribution is 6.39. The fourth-order valence-corrected chi connectivity index (χ4v) is 3.33. The van der Waals surface area contributed by atoms with Crippen LogP contribution >= 0.6 is 0 Å². The molecule has 0 aliphatic heterocycles. The smallest absolute Gasteiger partial charge is 0.313 e. The molecule has 0 saturated heterocycles. The molecule has 0 radical (unpaired) electrons. The van der Waals surface area contributed by atoms with Crippen LogP contribution in [0.5, 0.6) is 0 Å². The van der Waals surface area contributed by atoms with Crippen molar-refractivity contribution in [3.63, 3.8) is 0 Å². The summed E-state index contributed by atoms with van der Waals surface area (Å²) in [6.07, 6.45) is 6.00. The van der Waals surface area contributed by atoms with E-state index in [9.17, 15) is 9.59 Å². The summed E-state index contributed by atoms with van der Waals surface area (Å²) < 4.78 is 0. The van der Waals surface area contributed by atoms with E-state index in [0.29, 0.717) is 17.4 Å². The minimum absolute atomic E-state index is 0.0809. The van der Waals surface area contributed by atoms with Crippen molar-refractivity contribution in [1.29, 1.82) is 0 Å². The van der Waals surface area contributed by atoms with Crippen molar-refractivity contribution < 1.29 is 9.59 Å². The number of carbonyl (C=O) groups excluding carboxylic acids is 2. The number of rotatable bonds is 3. The minimum Gasteiger partial charge on any atom is -0.345 e. The Labute approximate surface area is 153 Å². The molecule has 0 unspecified atom stereocenters. The van der Waals surface area contributed by atoms with Gasteiger partial charge in [0, 0.05) is 23.5 Å².